The number of likely N-dealkylation sites (N-methyl/N-ethyl adjacent to an activating group) is 3. The Labute approximate surface area is 768 Å². The number of benzene rings is 7. The second-order valence-corrected chi connectivity index (χ2v) is 33.4. The number of aliphatic imine (C=N–C) groups is 2. The number of rotatable bonds is 24. The van der Waals surface area contributed by atoms with Crippen molar-refractivity contribution in [2.24, 2.45) is 20.2 Å². The van der Waals surface area contributed by atoms with Crippen LogP contribution >= 0.6 is 37.2 Å². The second kappa shape index (κ2) is 65.3. The van der Waals surface area contributed by atoms with Crippen LogP contribution in [0.4, 0.5) is 0 Å². The molecule has 3 saturated heterocycles. The topological polar surface area (TPSA) is 197 Å². The summed E-state index contributed by atoms with van der Waals surface area (Å²) in [7, 11) is 15.9. The summed E-state index contributed by atoms with van der Waals surface area (Å²) < 4.78 is 6.19. The van der Waals surface area contributed by atoms with Gasteiger partial charge >= 0.3 is 0 Å². The van der Waals surface area contributed by atoms with Crippen LogP contribution in [0.2, 0.25) is 0 Å². The average Bonchev–Trinajstić information content (AvgIpc) is 1.16. The Hall–Kier alpha value is -8.30. The maximum Gasteiger partial charge on any atom is 0.193 e. The van der Waals surface area contributed by atoms with E-state index in [0.717, 1.165) is 57.7 Å². The number of piperazine rings is 3. The van der Waals surface area contributed by atoms with Gasteiger partial charge in [-0.2, -0.15) is 10.2 Å². The minimum atomic E-state index is -1.28. The molecule has 0 spiro atoms. The number of ketones is 2. The number of amidine groups is 2. The van der Waals surface area contributed by atoms with Crippen LogP contribution in [-0.2, 0) is 11.2 Å². The SMILES string of the molecule is C=C=O.C=Cc1ccc(CC[N+](C)(C)C)cc1.C=Cc1ccccc1.C=Cc1ccccc1.C=Cc1ccccc1.C=Cc1ccccc1.CC(C)(N=NC(C)(C)C1=NCCN1)C1=NCCN1.CC(C)(O)C(=O)c1ccccc1.CC(C)(O)C(=O)c1ccccc1.CC[N+](C)(C)CCC[N+](C)(C)CC.CC[N+]12CC[N+](CC)(CC1)CC2.Cl.Cl.Cl.O.[Cl-].[Cl-]. The van der Waals surface area contributed by atoms with Crippen LogP contribution in [-0.4, -0.2) is 250 Å². The van der Waals surface area contributed by atoms with Gasteiger partial charge < -0.3 is 73.6 Å². The van der Waals surface area contributed by atoms with Crippen molar-refractivity contribution in [2.45, 2.75) is 118 Å². The molecule has 3 fully saturated rings. The number of nitrogens with zero attached hydrogens (tertiary/aromatic N) is 9. The van der Waals surface area contributed by atoms with Crippen LogP contribution in [0.5, 0.6) is 0 Å². The summed E-state index contributed by atoms with van der Waals surface area (Å²) in [6, 6.07) is 66.3. The Balaban J connectivity index is -0.000000306. The molecule has 678 valence electrons. The van der Waals surface area contributed by atoms with Gasteiger partial charge in [-0.05, 0) is 123 Å². The fraction of sp³-hybridized carbons (Fsp3) is 0.420. The standard InChI is InChI=1S/C13H20N.C12H22N6.C11H28N2.C10H22N2.2C10H12O2.4C8H8.C2H2O.5ClH.H2O/c1-5-12-6-8-13(9-7-12)10-11-14(2,3)4;1-11(2,9-13-5-6-14-9)17-18-12(3,4)10-15-7-8-16-10;1-7-12(3,4)10-9-11-13(5,6)8-2;1-3-11-5-8-12(4-2,9-6-11)10-7-11;2*1-10(2,12)9(11)8-6-4-3-5-7-8;4*1-2-8-6-4-3-5-7-8;1-2-3;;;;;;/h5-9H,1,10-11H2,2-4H3;5-8H2,1-4H3,(H,13,14)(H,15,16);7-11H2,1-6H3;3-10H2,1-2H3;2*3-7,12H,1-2H3;4*2-7H,1H2;1H2;5*1H;1H2/q+1;;2*+2;;;;;;;;;;;;;/p-2. The smallest absolute Gasteiger partial charge is 0.193 e. The van der Waals surface area contributed by atoms with E-state index in [-0.39, 0.29) is 79.1 Å². The van der Waals surface area contributed by atoms with Crippen molar-refractivity contribution >= 4 is 96.8 Å². The molecule has 0 aliphatic carbocycles. The average molecular weight is 1780 g/mol. The Bertz CT molecular complexity index is 3720. The molecule has 5 heterocycles. The van der Waals surface area contributed by atoms with Crippen molar-refractivity contribution < 1.29 is 77.3 Å². The number of azo groups is 1. The number of nitrogens with one attached hydrogen (secondary N) is 2. The molecule has 22 heteroatoms. The molecular weight excluding hydrogens is 1630 g/mol. The van der Waals surface area contributed by atoms with Crippen molar-refractivity contribution in [2.75, 3.05) is 161 Å². The second-order valence-electron chi connectivity index (χ2n) is 33.4. The van der Waals surface area contributed by atoms with Gasteiger partial charge in [0.25, 0.3) is 0 Å². The number of fused-ring (bicyclic) bond motifs is 3. The van der Waals surface area contributed by atoms with E-state index in [2.05, 4.69) is 172 Å². The summed E-state index contributed by atoms with van der Waals surface area (Å²) in [6.07, 6.45) is 11.7. The highest BCUT2D eigenvalue weighted by Gasteiger charge is 2.47. The molecule has 0 aromatic heterocycles. The van der Waals surface area contributed by atoms with E-state index in [0.29, 0.717) is 11.1 Å². The van der Waals surface area contributed by atoms with E-state index in [9.17, 15) is 19.8 Å². The zero-order chi connectivity index (χ0) is 87.4. The fourth-order valence-electron chi connectivity index (χ4n) is 11.6. The third kappa shape index (κ3) is 53.7. The first-order valence-corrected chi connectivity index (χ1v) is 41.0. The lowest BCUT2D eigenvalue weighted by Gasteiger charge is -2.55. The molecule has 6 N–H and O–H groups in total. The van der Waals surface area contributed by atoms with E-state index in [1.807, 2.05) is 192 Å². The molecule has 5 aliphatic rings. The zero-order valence-electron chi connectivity index (χ0n) is 77.3. The van der Waals surface area contributed by atoms with Gasteiger partial charge in [0.1, 0.15) is 79.2 Å². The number of hydrogen-bond acceptors (Lipinski definition) is 11. The lowest BCUT2D eigenvalue weighted by Crippen LogP contribution is -3.00. The number of aliphatic hydroxyl groups is 2. The Morgan fingerprint density at radius 2 is 0.672 bits per heavy atom. The zero-order valence-corrected chi connectivity index (χ0v) is 81.3. The van der Waals surface area contributed by atoms with Gasteiger partial charge in [0.2, 0.25) is 0 Å². The highest BCUT2D eigenvalue weighted by atomic mass is 35.5. The minimum Gasteiger partial charge on any atom is -1.00 e. The molecule has 0 radical (unpaired) electrons. The van der Waals surface area contributed by atoms with Gasteiger partial charge in [-0.25, -0.2) is 4.79 Å². The number of halogens is 5. The van der Waals surface area contributed by atoms with Crippen LogP contribution in [0.3, 0.4) is 0 Å². The van der Waals surface area contributed by atoms with Gasteiger partial charge in [-0.1, -0.05) is 270 Å². The molecule has 5 aliphatic heterocycles. The van der Waals surface area contributed by atoms with Gasteiger partial charge in [0.05, 0.1) is 108 Å². The van der Waals surface area contributed by atoms with Crippen LogP contribution in [0.15, 0.2) is 266 Å². The van der Waals surface area contributed by atoms with E-state index >= 15 is 0 Å². The van der Waals surface area contributed by atoms with Gasteiger partial charge in [-0.15, -0.1) is 37.2 Å². The van der Waals surface area contributed by atoms with Crippen molar-refractivity contribution in [3.63, 3.8) is 0 Å². The van der Waals surface area contributed by atoms with E-state index in [1.165, 1.54) is 167 Å². The number of hydrogen-bond donors (Lipinski definition) is 4. The Morgan fingerprint density at radius 3 is 0.861 bits per heavy atom. The van der Waals surface area contributed by atoms with Crippen molar-refractivity contribution in [3.05, 3.63) is 290 Å². The molecule has 2 bridgehead atoms. The van der Waals surface area contributed by atoms with E-state index in [4.69, 9.17) is 4.79 Å². The molecule has 0 atom stereocenters. The third-order valence-corrected chi connectivity index (χ3v) is 20.4. The molecule has 122 heavy (non-hydrogen) atoms. The minimum absolute atomic E-state index is 0. The summed E-state index contributed by atoms with van der Waals surface area (Å²) in [5.74, 6) is 2.60. The highest BCUT2D eigenvalue weighted by Crippen LogP contribution is 2.26. The predicted molar refractivity (Wildman–Crippen MR) is 524 cm³/mol. The summed E-state index contributed by atoms with van der Waals surface area (Å²) in [5, 5.41) is 34.2. The first-order chi connectivity index (χ1) is 54.7. The quantitative estimate of drug-likeness (QED) is 0.0200. The van der Waals surface area contributed by atoms with E-state index < -0.39 is 22.3 Å². The predicted octanol–water partition coefficient (Wildman–Crippen LogP) is 12.9. The summed E-state index contributed by atoms with van der Waals surface area (Å²) in [4.78, 5) is 40.2. The van der Waals surface area contributed by atoms with Crippen LogP contribution in [0.1, 0.15) is 144 Å². The maximum atomic E-state index is 11.4. The first kappa shape index (κ1) is 125. The van der Waals surface area contributed by atoms with Gasteiger partial charge in [-0.3, -0.25) is 19.6 Å². The van der Waals surface area contributed by atoms with E-state index in [1.54, 1.807) is 48.5 Å². The number of quaternary nitrogens is 5. The number of Topliss-reactive ketones (excluding diaryl/α,β-unsaturated/α-hetero) is 2. The third-order valence-electron chi connectivity index (χ3n) is 20.4. The van der Waals surface area contributed by atoms with Crippen molar-refractivity contribution in [1.29, 1.82) is 0 Å². The van der Waals surface area contributed by atoms with Crippen molar-refractivity contribution in [3.8, 4) is 0 Å². The summed E-state index contributed by atoms with van der Waals surface area (Å²) in [5.41, 5.74) is 5.04. The maximum absolute atomic E-state index is 11.4. The summed E-state index contributed by atoms with van der Waals surface area (Å²) in [6.45, 7) is 65.3. The molecular formula is C100H155Cl5N11O6+3. The molecule has 0 saturated carbocycles. The lowest BCUT2D eigenvalue weighted by atomic mass is 9.97. The molecule has 12 rings (SSSR count). The van der Waals surface area contributed by atoms with Gasteiger partial charge in [0, 0.05) is 37.1 Å². The van der Waals surface area contributed by atoms with Crippen LogP contribution < -0.4 is 35.4 Å². The van der Waals surface area contributed by atoms with Crippen LogP contribution in [0, 0.1) is 0 Å². The molecule has 17 nitrogen and oxygen atoms in total. The normalized spacial score (nSPS) is 14.9. The fourth-order valence-corrected chi connectivity index (χ4v) is 11.6. The largest absolute Gasteiger partial charge is 1.00 e. The number of carbonyl (C=O) groups is 2. The molecule has 7 aromatic carbocycles. The lowest BCUT2D eigenvalue weighted by molar-refractivity contribution is -1.08. The molecule has 0 unspecified atom stereocenters. The Morgan fingerprint density at radius 1 is 0.434 bits per heavy atom. The number of carbonyl (C=O) groups excluding carboxylic acids is 3. The monoisotopic (exact) mass is 1780 g/mol. The molecule has 0 amide bonds. The van der Waals surface area contributed by atoms with Crippen LogP contribution in [0.25, 0.3) is 30.4 Å². The van der Waals surface area contributed by atoms with Crippen molar-refractivity contribution in [1.82, 2.24) is 10.6 Å². The molecule has 7 aromatic rings. The highest BCUT2D eigenvalue weighted by molar-refractivity contribution is 6.02. The first-order valence-electron chi connectivity index (χ1n) is 41.0. The summed E-state index contributed by atoms with van der Waals surface area (Å²) >= 11 is 0. The Kier molecular flexibility index (Phi) is 66.7. The van der Waals surface area contributed by atoms with Gasteiger partial charge in [0.15, 0.2) is 11.6 Å².